The van der Waals surface area contributed by atoms with Gasteiger partial charge >= 0.3 is 0 Å². The molecule has 29 heavy (non-hydrogen) atoms. The molecule has 1 saturated heterocycles. The molecule has 0 spiro atoms. The van der Waals surface area contributed by atoms with Gasteiger partial charge in [0.05, 0.1) is 12.0 Å². The zero-order valence-electron chi connectivity index (χ0n) is 16.3. The van der Waals surface area contributed by atoms with E-state index in [1.54, 1.807) is 26.0 Å². The average molecular weight is 393 g/mol. The molecule has 1 fully saturated rings. The lowest BCUT2D eigenvalue weighted by Gasteiger charge is -2.39. The molecule has 1 unspecified atom stereocenters. The number of guanidine groups is 1. The first kappa shape index (κ1) is 20.0. The van der Waals surface area contributed by atoms with Gasteiger partial charge in [-0.3, -0.25) is 19.9 Å². The highest BCUT2D eigenvalue weighted by molar-refractivity contribution is 6.03. The first-order chi connectivity index (χ1) is 13.7. The van der Waals surface area contributed by atoms with Crippen molar-refractivity contribution in [3.05, 3.63) is 59.2 Å². The first-order valence-corrected chi connectivity index (χ1v) is 8.87. The number of rotatable bonds is 3. The van der Waals surface area contributed by atoms with Gasteiger partial charge in [-0.1, -0.05) is 5.92 Å². The van der Waals surface area contributed by atoms with E-state index in [1.165, 1.54) is 36.3 Å². The summed E-state index contributed by atoms with van der Waals surface area (Å²) in [5.74, 6) is 4.19. The summed E-state index contributed by atoms with van der Waals surface area (Å²) >= 11 is 0. The largest absolute Gasteiger partial charge is 0.346 e. The van der Waals surface area contributed by atoms with Crippen LogP contribution in [0.25, 0.3) is 0 Å². The van der Waals surface area contributed by atoms with Crippen LogP contribution in [0.15, 0.2) is 36.5 Å². The van der Waals surface area contributed by atoms with Crippen molar-refractivity contribution >= 4 is 23.5 Å². The third-order valence-electron chi connectivity index (χ3n) is 4.69. The van der Waals surface area contributed by atoms with E-state index in [-0.39, 0.29) is 29.5 Å². The summed E-state index contributed by atoms with van der Waals surface area (Å²) in [6.45, 7) is 3.35. The summed E-state index contributed by atoms with van der Waals surface area (Å²) in [5, 5.41) is 13.5. The Hall–Kier alpha value is -3.73. The Morgan fingerprint density at radius 2 is 2.14 bits per heavy atom. The van der Waals surface area contributed by atoms with E-state index in [9.17, 15) is 14.0 Å². The number of anilines is 1. The topological polar surface area (TPSA) is 98.2 Å². The fourth-order valence-corrected chi connectivity index (χ4v) is 3.07. The highest BCUT2D eigenvalue weighted by atomic mass is 19.1. The van der Waals surface area contributed by atoms with E-state index in [1.807, 2.05) is 0 Å². The molecular weight excluding hydrogens is 373 g/mol. The fraction of sp³-hybridized carbons (Fsp3) is 0.238. The predicted octanol–water partition coefficient (Wildman–Crippen LogP) is 2.45. The highest BCUT2D eigenvalue weighted by Crippen LogP contribution is 2.32. The number of halogens is 1. The molecule has 3 rings (SSSR count). The lowest BCUT2D eigenvalue weighted by Crippen LogP contribution is -2.58. The van der Waals surface area contributed by atoms with Gasteiger partial charge in [0.2, 0.25) is 5.91 Å². The molecule has 1 aromatic carbocycles. The Kier molecular flexibility index (Phi) is 5.33. The van der Waals surface area contributed by atoms with Crippen LogP contribution in [0.5, 0.6) is 0 Å². The number of carbonyl (C=O) groups is 2. The molecule has 0 aliphatic carbocycles. The molecule has 2 heterocycles. The highest BCUT2D eigenvalue weighted by Gasteiger charge is 2.39. The van der Waals surface area contributed by atoms with Crippen molar-refractivity contribution in [1.82, 2.24) is 15.2 Å². The molecule has 1 aliphatic rings. The Morgan fingerprint density at radius 3 is 2.76 bits per heavy atom. The predicted molar refractivity (Wildman–Crippen MR) is 107 cm³/mol. The Balaban J connectivity index is 1.85. The number of hydrogen-bond donors (Lipinski definition) is 3. The zero-order chi connectivity index (χ0) is 21.2. The smallest absolute Gasteiger partial charge is 0.274 e. The number of aromatic nitrogens is 1. The van der Waals surface area contributed by atoms with Gasteiger partial charge in [0.1, 0.15) is 11.5 Å². The van der Waals surface area contributed by atoms with Crippen LogP contribution in [-0.4, -0.2) is 34.7 Å². The molecule has 0 radical (unpaired) electrons. The summed E-state index contributed by atoms with van der Waals surface area (Å²) in [6.07, 6.45) is 1.48. The normalized spacial score (nSPS) is 18.6. The van der Waals surface area contributed by atoms with E-state index >= 15 is 0 Å². The van der Waals surface area contributed by atoms with Crippen LogP contribution in [0.1, 0.15) is 41.9 Å². The molecule has 0 bridgehead atoms. The minimum absolute atomic E-state index is 0.0261. The number of hydrogen-bond acceptors (Lipinski definition) is 4. The Labute approximate surface area is 167 Å². The first-order valence-electron chi connectivity index (χ1n) is 8.87. The van der Waals surface area contributed by atoms with Crippen LogP contribution >= 0.6 is 0 Å². The Morgan fingerprint density at radius 1 is 1.38 bits per heavy atom. The molecule has 1 atom stereocenters. The molecule has 1 aromatic heterocycles. The van der Waals surface area contributed by atoms with Crippen LogP contribution in [0.2, 0.25) is 0 Å². The molecule has 148 valence electrons. The van der Waals surface area contributed by atoms with Gasteiger partial charge in [-0.2, -0.15) is 0 Å². The second-order valence-corrected chi connectivity index (χ2v) is 6.89. The summed E-state index contributed by atoms with van der Waals surface area (Å²) in [4.78, 5) is 29.9. The summed E-state index contributed by atoms with van der Waals surface area (Å²) < 4.78 is 14.6. The summed E-state index contributed by atoms with van der Waals surface area (Å²) in [5.41, 5.74) is 0.318. The van der Waals surface area contributed by atoms with Crippen LogP contribution in [-0.2, 0) is 10.3 Å². The molecule has 2 aromatic rings. The second kappa shape index (κ2) is 7.72. The lowest BCUT2D eigenvalue weighted by atomic mass is 9.86. The SMILES string of the molecule is CC#Cc1ccc(C(=O)Nc2ccc(F)c(C3(C)CC(=O)N(C)C(=N)N3)c2)nc1. The minimum Gasteiger partial charge on any atom is -0.346 e. The molecular formula is C21H20FN5O2. The van der Waals surface area contributed by atoms with Crippen molar-refractivity contribution in [3.8, 4) is 11.8 Å². The molecule has 2 amide bonds. The number of nitrogens with one attached hydrogen (secondary N) is 3. The monoisotopic (exact) mass is 393 g/mol. The summed E-state index contributed by atoms with van der Waals surface area (Å²) in [6, 6.07) is 7.36. The van der Waals surface area contributed by atoms with Gasteiger partial charge in [-0.25, -0.2) is 9.37 Å². The van der Waals surface area contributed by atoms with E-state index in [4.69, 9.17) is 5.41 Å². The van der Waals surface area contributed by atoms with E-state index < -0.39 is 17.3 Å². The van der Waals surface area contributed by atoms with E-state index in [0.717, 1.165) is 0 Å². The van der Waals surface area contributed by atoms with Crippen molar-refractivity contribution in [3.63, 3.8) is 0 Å². The second-order valence-electron chi connectivity index (χ2n) is 6.89. The molecule has 7 nitrogen and oxygen atoms in total. The number of benzene rings is 1. The van der Waals surface area contributed by atoms with Crippen LogP contribution in [0.4, 0.5) is 10.1 Å². The maximum atomic E-state index is 14.6. The van der Waals surface area contributed by atoms with Gasteiger partial charge in [-0.05, 0) is 44.2 Å². The van der Waals surface area contributed by atoms with Gasteiger partial charge < -0.3 is 10.6 Å². The third kappa shape index (κ3) is 4.09. The van der Waals surface area contributed by atoms with Crippen molar-refractivity contribution in [2.75, 3.05) is 12.4 Å². The number of amides is 2. The maximum absolute atomic E-state index is 14.6. The van der Waals surface area contributed by atoms with Gasteiger partial charge in [0, 0.05) is 30.1 Å². The fourth-order valence-electron chi connectivity index (χ4n) is 3.07. The van der Waals surface area contributed by atoms with Crippen molar-refractivity contribution < 1.29 is 14.0 Å². The van der Waals surface area contributed by atoms with Crippen LogP contribution < -0.4 is 10.6 Å². The minimum atomic E-state index is -1.11. The lowest BCUT2D eigenvalue weighted by molar-refractivity contribution is -0.129. The third-order valence-corrected chi connectivity index (χ3v) is 4.69. The molecule has 0 saturated carbocycles. The van der Waals surface area contributed by atoms with Gasteiger partial charge in [0.15, 0.2) is 5.96 Å². The van der Waals surface area contributed by atoms with E-state index in [2.05, 4.69) is 27.5 Å². The number of nitrogens with zero attached hydrogens (tertiary/aromatic N) is 2. The zero-order valence-corrected chi connectivity index (χ0v) is 16.3. The van der Waals surface area contributed by atoms with Gasteiger partial charge in [0.25, 0.3) is 5.91 Å². The number of carbonyl (C=O) groups excluding carboxylic acids is 2. The molecule has 8 heteroatoms. The number of pyridine rings is 1. The average Bonchev–Trinajstić information content (AvgIpc) is 2.68. The Bertz CT molecular complexity index is 1030. The van der Waals surface area contributed by atoms with Crippen molar-refractivity contribution in [2.45, 2.75) is 25.8 Å². The van der Waals surface area contributed by atoms with Crippen molar-refractivity contribution in [2.24, 2.45) is 0 Å². The van der Waals surface area contributed by atoms with Gasteiger partial charge in [-0.15, -0.1) is 5.92 Å². The van der Waals surface area contributed by atoms with E-state index in [0.29, 0.717) is 11.3 Å². The van der Waals surface area contributed by atoms with Crippen LogP contribution in [0.3, 0.4) is 0 Å². The van der Waals surface area contributed by atoms with Crippen LogP contribution in [0, 0.1) is 23.1 Å². The quantitative estimate of drug-likeness (QED) is 0.698. The maximum Gasteiger partial charge on any atom is 0.274 e. The summed E-state index contributed by atoms with van der Waals surface area (Å²) in [7, 11) is 1.48. The molecule has 3 N–H and O–H groups in total. The van der Waals surface area contributed by atoms with Crippen molar-refractivity contribution in [1.29, 1.82) is 5.41 Å². The standard InChI is InChI=1S/C21H20FN5O2/c1-4-5-13-6-9-17(24-12-13)19(29)25-14-7-8-16(22)15(10-14)21(2)11-18(28)27(3)20(23)26-21/h6-10,12H,11H2,1-3H3,(H2,23,26)(H,25,29). The molecule has 1 aliphatic heterocycles.